The molecule has 1 aromatic heterocycles. The highest BCUT2D eigenvalue weighted by Gasteiger charge is 2.04. The molecule has 0 bridgehead atoms. The minimum absolute atomic E-state index is 0.795. The highest BCUT2D eigenvalue weighted by atomic mass is 32.1. The third-order valence-electron chi connectivity index (χ3n) is 2.43. The van der Waals surface area contributed by atoms with E-state index in [0.29, 0.717) is 0 Å². The lowest BCUT2D eigenvalue weighted by molar-refractivity contribution is 0.449. The van der Waals surface area contributed by atoms with E-state index in [1.165, 1.54) is 12.8 Å². The second kappa shape index (κ2) is 6.09. The standard InChI is InChI=1S/C10H19N3S/c1-4-9(5-2)6-11-7-10-13-12-8(3)14-10/h9,11H,4-7H2,1-3H3. The zero-order valence-electron chi connectivity index (χ0n) is 9.21. The summed E-state index contributed by atoms with van der Waals surface area (Å²) in [6.45, 7) is 8.42. The van der Waals surface area contributed by atoms with Crippen LogP contribution in [0.2, 0.25) is 0 Å². The first-order valence-electron chi connectivity index (χ1n) is 5.26. The van der Waals surface area contributed by atoms with E-state index in [1.54, 1.807) is 11.3 Å². The van der Waals surface area contributed by atoms with Gasteiger partial charge in [-0.25, -0.2) is 0 Å². The summed E-state index contributed by atoms with van der Waals surface area (Å²) in [6, 6.07) is 0. The van der Waals surface area contributed by atoms with Crippen molar-refractivity contribution in [3.05, 3.63) is 10.0 Å². The molecule has 0 amide bonds. The predicted octanol–water partition coefficient (Wildman–Crippen LogP) is 2.37. The molecule has 1 aromatic rings. The van der Waals surface area contributed by atoms with Gasteiger partial charge in [0.25, 0.3) is 0 Å². The highest BCUT2D eigenvalue weighted by Crippen LogP contribution is 2.09. The number of aromatic nitrogens is 2. The lowest BCUT2D eigenvalue weighted by atomic mass is 10.0. The molecular formula is C10H19N3S. The Balaban J connectivity index is 2.21. The van der Waals surface area contributed by atoms with Crippen LogP contribution >= 0.6 is 11.3 Å². The number of hydrogen-bond donors (Lipinski definition) is 1. The Labute approximate surface area is 89.9 Å². The van der Waals surface area contributed by atoms with Crippen LogP contribution in [0.5, 0.6) is 0 Å². The van der Waals surface area contributed by atoms with Gasteiger partial charge < -0.3 is 5.32 Å². The first-order valence-corrected chi connectivity index (χ1v) is 6.07. The summed E-state index contributed by atoms with van der Waals surface area (Å²) in [4.78, 5) is 0. The fourth-order valence-corrected chi connectivity index (χ4v) is 2.05. The van der Waals surface area contributed by atoms with Crippen LogP contribution in [-0.4, -0.2) is 16.7 Å². The summed E-state index contributed by atoms with van der Waals surface area (Å²) in [6.07, 6.45) is 2.50. The molecule has 14 heavy (non-hydrogen) atoms. The zero-order valence-corrected chi connectivity index (χ0v) is 10.0. The van der Waals surface area contributed by atoms with Crippen LogP contribution in [0.25, 0.3) is 0 Å². The van der Waals surface area contributed by atoms with Gasteiger partial charge in [0.1, 0.15) is 10.0 Å². The largest absolute Gasteiger partial charge is 0.310 e. The van der Waals surface area contributed by atoms with Gasteiger partial charge in [0.2, 0.25) is 0 Å². The van der Waals surface area contributed by atoms with Gasteiger partial charge in [0.05, 0.1) is 0 Å². The monoisotopic (exact) mass is 213 g/mol. The molecule has 1 rings (SSSR count). The van der Waals surface area contributed by atoms with E-state index in [2.05, 4.69) is 29.4 Å². The predicted molar refractivity (Wildman–Crippen MR) is 60.4 cm³/mol. The molecule has 0 fully saturated rings. The van der Waals surface area contributed by atoms with Crippen LogP contribution < -0.4 is 5.32 Å². The Kier molecular flexibility index (Phi) is 5.04. The number of rotatable bonds is 6. The normalized spacial score (nSPS) is 11.1. The molecule has 1 heterocycles. The van der Waals surface area contributed by atoms with E-state index in [4.69, 9.17) is 0 Å². The molecule has 0 aliphatic carbocycles. The van der Waals surface area contributed by atoms with Crippen LogP contribution in [0.1, 0.15) is 36.7 Å². The van der Waals surface area contributed by atoms with Crippen molar-refractivity contribution in [1.82, 2.24) is 15.5 Å². The Hall–Kier alpha value is -0.480. The van der Waals surface area contributed by atoms with E-state index in [1.807, 2.05) is 6.92 Å². The molecular weight excluding hydrogens is 194 g/mol. The number of nitrogens with zero attached hydrogens (tertiary/aromatic N) is 2. The lowest BCUT2D eigenvalue weighted by Gasteiger charge is -2.11. The Morgan fingerprint density at radius 3 is 2.50 bits per heavy atom. The molecule has 3 nitrogen and oxygen atoms in total. The summed E-state index contributed by atoms with van der Waals surface area (Å²) in [5, 5.41) is 13.6. The molecule has 0 saturated heterocycles. The topological polar surface area (TPSA) is 37.8 Å². The summed E-state index contributed by atoms with van der Waals surface area (Å²) < 4.78 is 0. The fourth-order valence-electron chi connectivity index (χ4n) is 1.37. The second-order valence-electron chi connectivity index (χ2n) is 3.53. The lowest BCUT2D eigenvalue weighted by Crippen LogP contribution is -2.21. The van der Waals surface area contributed by atoms with Gasteiger partial charge in [-0.3, -0.25) is 0 Å². The zero-order chi connectivity index (χ0) is 10.4. The van der Waals surface area contributed by atoms with Crippen molar-refractivity contribution in [2.24, 2.45) is 5.92 Å². The quantitative estimate of drug-likeness (QED) is 0.788. The van der Waals surface area contributed by atoms with Gasteiger partial charge in [0, 0.05) is 6.54 Å². The fraction of sp³-hybridized carbons (Fsp3) is 0.800. The summed E-state index contributed by atoms with van der Waals surface area (Å²) in [5.41, 5.74) is 0. The third kappa shape index (κ3) is 3.72. The molecule has 0 saturated carbocycles. The second-order valence-corrected chi connectivity index (χ2v) is 4.79. The van der Waals surface area contributed by atoms with Gasteiger partial charge in [-0.2, -0.15) is 0 Å². The van der Waals surface area contributed by atoms with Crippen molar-refractivity contribution in [3.8, 4) is 0 Å². The van der Waals surface area contributed by atoms with E-state index in [9.17, 15) is 0 Å². The van der Waals surface area contributed by atoms with Crippen molar-refractivity contribution >= 4 is 11.3 Å². The van der Waals surface area contributed by atoms with Crippen LogP contribution in [0, 0.1) is 12.8 Å². The van der Waals surface area contributed by atoms with Gasteiger partial charge in [0.15, 0.2) is 0 Å². The third-order valence-corrected chi connectivity index (χ3v) is 3.27. The van der Waals surface area contributed by atoms with Gasteiger partial charge in [-0.1, -0.05) is 26.7 Å². The van der Waals surface area contributed by atoms with Crippen LogP contribution in [-0.2, 0) is 6.54 Å². The Morgan fingerprint density at radius 1 is 1.29 bits per heavy atom. The van der Waals surface area contributed by atoms with Crippen LogP contribution in [0.4, 0.5) is 0 Å². The number of hydrogen-bond acceptors (Lipinski definition) is 4. The molecule has 1 N–H and O–H groups in total. The Morgan fingerprint density at radius 2 is 2.00 bits per heavy atom. The molecule has 0 aliphatic rings. The molecule has 0 radical (unpaired) electrons. The molecule has 0 aromatic carbocycles. The van der Waals surface area contributed by atoms with E-state index < -0.39 is 0 Å². The minimum atomic E-state index is 0.795. The van der Waals surface area contributed by atoms with Crippen LogP contribution in [0.15, 0.2) is 0 Å². The van der Waals surface area contributed by atoms with Crippen molar-refractivity contribution < 1.29 is 0 Å². The number of nitrogens with one attached hydrogen (secondary N) is 1. The summed E-state index contributed by atoms with van der Waals surface area (Å²) in [5.74, 6) is 0.795. The minimum Gasteiger partial charge on any atom is -0.310 e. The number of aryl methyl sites for hydroxylation is 1. The molecule has 80 valence electrons. The SMILES string of the molecule is CCC(CC)CNCc1nnc(C)s1. The molecule has 0 aliphatic heterocycles. The smallest absolute Gasteiger partial charge is 0.131 e. The van der Waals surface area contributed by atoms with Gasteiger partial charge in [-0.15, -0.1) is 21.5 Å². The van der Waals surface area contributed by atoms with Crippen LogP contribution in [0.3, 0.4) is 0 Å². The maximum atomic E-state index is 4.07. The van der Waals surface area contributed by atoms with Gasteiger partial charge in [-0.05, 0) is 19.4 Å². The molecule has 0 unspecified atom stereocenters. The first kappa shape index (κ1) is 11.6. The highest BCUT2D eigenvalue weighted by molar-refractivity contribution is 7.11. The maximum Gasteiger partial charge on any atom is 0.131 e. The first-order chi connectivity index (χ1) is 6.76. The Bertz CT molecular complexity index is 256. The summed E-state index contributed by atoms with van der Waals surface area (Å²) >= 11 is 1.67. The van der Waals surface area contributed by atoms with Crippen molar-refractivity contribution in [2.75, 3.05) is 6.54 Å². The average molecular weight is 213 g/mol. The molecule has 4 heteroatoms. The van der Waals surface area contributed by atoms with E-state index in [0.717, 1.165) is 29.0 Å². The maximum absolute atomic E-state index is 4.07. The summed E-state index contributed by atoms with van der Waals surface area (Å²) in [7, 11) is 0. The average Bonchev–Trinajstić information content (AvgIpc) is 2.59. The van der Waals surface area contributed by atoms with E-state index >= 15 is 0 Å². The van der Waals surface area contributed by atoms with Crippen molar-refractivity contribution in [1.29, 1.82) is 0 Å². The molecule has 0 atom stereocenters. The van der Waals surface area contributed by atoms with Crippen molar-refractivity contribution in [2.45, 2.75) is 40.2 Å². The van der Waals surface area contributed by atoms with E-state index in [-0.39, 0.29) is 0 Å². The van der Waals surface area contributed by atoms with Crippen molar-refractivity contribution in [3.63, 3.8) is 0 Å². The molecule has 0 spiro atoms. The van der Waals surface area contributed by atoms with Gasteiger partial charge >= 0.3 is 0 Å².